The number of allylic oxidation sites excluding steroid dienone is 5. The van der Waals surface area contributed by atoms with E-state index in [1.807, 2.05) is 0 Å². The average Bonchev–Trinajstić information content (AvgIpc) is 3.09. The number of halogens is 1. The van der Waals surface area contributed by atoms with Gasteiger partial charge in [-0.2, -0.15) is 0 Å². The van der Waals surface area contributed by atoms with Gasteiger partial charge in [-0.15, -0.1) is 0 Å². The van der Waals surface area contributed by atoms with E-state index in [4.69, 9.17) is 0 Å². The minimum atomic E-state index is 0.302. The number of aryl methyl sites for hydroxylation is 1. The van der Waals surface area contributed by atoms with Crippen LogP contribution >= 0.6 is 15.9 Å². The van der Waals surface area contributed by atoms with E-state index in [-0.39, 0.29) is 0 Å². The van der Waals surface area contributed by atoms with Gasteiger partial charge in [0.25, 0.3) is 0 Å². The lowest BCUT2D eigenvalue weighted by Gasteiger charge is -2.36. The first kappa shape index (κ1) is 17.2. The monoisotopic (exact) mass is 436 g/mol. The fraction of sp³-hybridized carbons (Fsp3) is 0.143. The molecule has 3 aromatic rings. The highest BCUT2D eigenvalue weighted by molar-refractivity contribution is 9.10. The predicted molar refractivity (Wildman–Crippen MR) is 124 cm³/mol. The third-order valence-electron chi connectivity index (χ3n) is 6.78. The quantitative estimate of drug-likeness (QED) is 0.369. The van der Waals surface area contributed by atoms with Crippen molar-refractivity contribution in [1.29, 1.82) is 0 Å². The summed E-state index contributed by atoms with van der Waals surface area (Å²) in [5.74, 6) is 1.12. The molecule has 3 atom stereocenters. The van der Waals surface area contributed by atoms with Crippen LogP contribution in [0.1, 0.15) is 45.2 Å². The van der Waals surface area contributed by atoms with Crippen LogP contribution in [-0.2, 0) is 0 Å². The summed E-state index contributed by atoms with van der Waals surface area (Å²) in [6.45, 7) is 2.25. The van der Waals surface area contributed by atoms with E-state index in [1.165, 1.54) is 39.0 Å². The second-order valence-corrected chi connectivity index (χ2v) is 9.18. The minimum Gasteiger partial charge on any atom is -0.0764 e. The first-order chi connectivity index (χ1) is 14.2. The van der Waals surface area contributed by atoms with Crippen molar-refractivity contribution in [3.63, 3.8) is 0 Å². The molecule has 0 saturated carbocycles. The third-order valence-corrected chi connectivity index (χ3v) is 7.27. The Balaban J connectivity index is 1.72. The Labute approximate surface area is 180 Å². The van der Waals surface area contributed by atoms with Crippen molar-refractivity contribution in [2.24, 2.45) is 5.92 Å². The van der Waals surface area contributed by atoms with E-state index in [0.717, 1.165) is 4.47 Å². The fourth-order valence-electron chi connectivity index (χ4n) is 5.59. The van der Waals surface area contributed by atoms with Crippen molar-refractivity contribution in [3.8, 4) is 0 Å². The molecule has 3 aliphatic rings. The maximum absolute atomic E-state index is 3.74. The number of rotatable bonds is 1. The minimum absolute atomic E-state index is 0.302. The molecule has 0 bridgehead atoms. The van der Waals surface area contributed by atoms with Crippen LogP contribution in [0.25, 0.3) is 5.57 Å². The van der Waals surface area contributed by atoms with Gasteiger partial charge in [0.05, 0.1) is 0 Å². The van der Waals surface area contributed by atoms with Gasteiger partial charge in [0.2, 0.25) is 0 Å². The fourth-order valence-corrected chi connectivity index (χ4v) is 5.97. The molecule has 0 nitrogen and oxygen atoms in total. The molecule has 0 heterocycles. The largest absolute Gasteiger partial charge is 0.0764 e. The maximum atomic E-state index is 3.74. The number of benzene rings is 3. The van der Waals surface area contributed by atoms with Gasteiger partial charge in [0, 0.05) is 22.2 Å². The Hall–Kier alpha value is -2.64. The molecule has 6 rings (SSSR count). The molecule has 0 N–H and O–H groups in total. The van der Waals surface area contributed by atoms with E-state index in [2.05, 4.69) is 114 Å². The van der Waals surface area contributed by atoms with Crippen molar-refractivity contribution < 1.29 is 0 Å². The van der Waals surface area contributed by atoms with Crippen molar-refractivity contribution in [2.75, 3.05) is 0 Å². The van der Waals surface area contributed by atoms with Gasteiger partial charge < -0.3 is 0 Å². The van der Waals surface area contributed by atoms with Crippen LogP contribution in [0.5, 0.6) is 0 Å². The van der Waals surface area contributed by atoms with E-state index in [1.54, 1.807) is 5.57 Å². The number of hydrogen-bond acceptors (Lipinski definition) is 0. The molecule has 0 fully saturated rings. The van der Waals surface area contributed by atoms with Crippen LogP contribution in [-0.4, -0.2) is 0 Å². The van der Waals surface area contributed by atoms with Gasteiger partial charge in [0.15, 0.2) is 0 Å². The van der Waals surface area contributed by atoms with Gasteiger partial charge >= 0.3 is 0 Å². The lowest BCUT2D eigenvalue weighted by Crippen LogP contribution is -2.22. The summed E-state index contributed by atoms with van der Waals surface area (Å²) in [5, 5.41) is 0. The summed E-state index contributed by atoms with van der Waals surface area (Å²) in [6.07, 6.45) is 9.25. The summed E-state index contributed by atoms with van der Waals surface area (Å²) in [5.41, 5.74) is 11.5. The summed E-state index contributed by atoms with van der Waals surface area (Å²) >= 11 is 3.74. The second kappa shape index (κ2) is 6.43. The summed E-state index contributed by atoms with van der Waals surface area (Å²) < 4.78 is 1.15. The normalized spacial score (nSPS) is 23.4. The van der Waals surface area contributed by atoms with Gasteiger partial charge in [-0.3, -0.25) is 0 Å². The summed E-state index contributed by atoms with van der Waals surface area (Å²) in [4.78, 5) is 0. The Morgan fingerprint density at radius 2 is 1.38 bits per heavy atom. The van der Waals surface area contributed by atoms with Gasteiger partial charge in [-0.1, -0.05) is 94.8 Å². The molecular formula is C28H21Br. The molecule has 0 radical (unpaired) electrons. The van der Waals surface area contributed by atoms with Crippen LogP contribution < -0.4 is 0 Å². The Kier molecular flexibility index (Phi) is 3.82. The summed E-state index contributed by atoms with van der Waals surface area (Å²) in [7, 11) is 0. The lowest BCUT2D eigenvalue weighted by molar-refractivity contribution is 0.622. The molecule has 3 aromatic carbocycles. The zero-order valence-electron chi connectivity index (χ0n) is 16.3. The highest BCUT2D eigenvalue weighted by Crippen LogP contribution is 2.58. The van der Waals surface area contributed by atoms with Crippen LogP contribution in [0.3, 0.4) is 0 Å². The highest BCUT2D eigenvalue weighted by atomic mass is 79.9. The molecule has 0 aliphatic heterocycles. The van der Waals surface area contributed by atoms with Crippen molar-refractivity contribution in [1.82, 2.24) is 0 Å². The predicted octanol–water partition coefficient (Wildman–Crippen LogP) is 7.54. The topological polar surface area (TPSA) is 0 Å². The molecule has 29 heavy (non-hydrogen) atoms. The Bertz CT molecular complexity index is 1240. The number of fused-ring (bicyclic) bond motifs is 7. The molecule has 0 amide bonds. The van der Waals surface area contributed by atoms with E-state index < -0.39 is 0 Å². The lowest BCUT2D eigenvalue weighted by atomic mass is 9.67. The standard InChI is InChI=1S/C28H21Br/c1-17-8-2-3-9-19(17)26-25-16-18(29)14-15-24(25)27-22-12-6-4-10-20(22)21-11-5-7-13-23(21)28(26)27/h2-16,21,23,26H,1H3. The van der Waals surface area contributed by atoms with E-state index >= 15 is 0 Å². The smallest absolute Gasteiger partial charge is 0.0323 e. The van der Waals surface area contributed by atoms with E-state index in [9.17, 15) is 0 Å². The molecule has 1 heteroatoms. The molecule has 0 saturated heterocycles. The SMILES string of the molecule is Cc1ccccc1C1C2=C(c3ccc(Br)cc31)c1ccccc1C1C=CC=CC21. The zero-order chi connectivity index (χ0) is 19.5. The molecule has 3 unspecified atom stereocenters. The molecule has 0 aromatic heterocycles. The second-order valence-electron chi connectivity index (χ2n) is 8.26. The highest BCUT2D eigenvalue weighted by Gasteiger charge is 2.43. The van der Waals surface area contributed by atoms with Gasteiger partial charge in [-0.05, 0) is 63.6 Å². The van der Waals surface area contributed by atoms with Crippen molar-refractivity contribution >= 4 is 21.5 Å². The average molecular weight is 437 g/mol. The first-order valence-corrected chi connectivity index (χ1v) is 11.1. The molecular weight excluding hydrogens is 416 g/mol. The molecule has 0 spiro atoms. The molecule has 140 valence electrons. The third kappa shape index (κ3) is 2.44. The Morgan fingerprint density at radius 3 is 2.21 bits per heavy atom. The van der Waals surface area contributed by atoms with Gasteiger partial charge in [-0.25, -0.2) is 0 Å². The summed E-state index contributed by atoms with van der Waals surface area (Å²) in [6, 6.07) is 24.7. The van der Waals surface area contributed by atoms with Gasteiger partial charge in [0.1, 0.15) is 0 Å². The van der Waals surface area contributed by atoms with Crippen LogP contribution in [0, 0.1) is 12.8 Å². The van der Waals surface area contributed by atoms with Crippen LogP contribution in [0.15, 0.2) is 101 Å². The number of hydrogen-bond donors (Lipinski definition) is 0. The zero-order valence-corrected chi connectivity index (χ0v) is 17.9. The van der Waals surface area contributed by atoms with Crippen LogP contribution in [0.2, 0.25) is 0 Å². The first-order valence-electron chi connectivity index (χ1n) is 10.3. The van der Waals surface area contributed by atoms with Crippen LogP contribution in [0.4, 0.5) is 0 Å². The Morgan fingerprint density at radius 1 is 0.690 bits per heavy atom. The van der Waals surface area contributed by atoms with E-state index in [0.29, 0.717) is 17.8 Å². The molecule has 3 aliphatic carbocycles. The maximum Gasteiger partial charge on any atom is 0.0323 e. The van der Waals surface area contributed by atoms with Crippen molar-refractivity contribution in [2.45, 2.75) is 18.8 Å². The van der Waals surface area contributed by atoms with Crippen molar-refractivity contribution in [3.05, 3.63) is 134 Å².